The highest BCUT2D eigenvalue weighted by atomic mass is 32.2. The fourth-order valence-electron chi connectivity index (χ4n) is 2.95. The van der Waals surface area contributed by atoms with E-state index >= 15 is 0 Å². The second-order valence-corrected chi connectivity index (χ2v) is 8.42. The number of rotatable bonds is 10. The van der Waals surface area contributed by atoms with E-state index in [9.17, 15) is 9.59 Å². The molecular formula is C24H32N2O2S. The van der Waals surface area contributed by atoms with Gasteiger partial charge in [-0.2, -0.15) is 0 Å². The topological polar surface area (TPSA) is 49.4 Å². The fraction of sp³-hybridized carbons (Fsp3) is 0.417. The van der Waals surface area contributed by atoms with Crippen LogP contribution in [0, 0.1) is 13.8 Å². The molecule has 0 heterocycles. The van der Waals surface area contributed by atoms with Gasteiger partial charge in [-0.15, -0.1) is 11.8 Å². The number of thioether (sulfide) groups is 1. The molecule has 0 spiro atoms. The average Bonchev–Trinajstić information content (AvgIpc) is 2.72. The lowest BCUT2D eigenvalue weighted by Gasteiger charge is -2.29. The van der Waals surface area contributed by atoms with Gasteiger partial charge in [0.05, 0.1) is 5.75 Å². The molecule has 0 aliphatic heterocycles. The highest BCUT2D eigenvalue weighted by Crippen LogP contribution is 2.21. The zero-order valence-electron chi connectivity index (χ0n) is 17.9. The van der Waals surface area contributed by atoms with Crippen LogP contribution in [0.15, 0.2) is 53.4 Å². The first-order valence-corrected chi connectivity index (χ1v) is 11.2. The predicted octanol–water partition coefficient (Wildman–Crippen LogP) is 4.73. The van der Waals surface area contributed by atoms with E-state index in [2.05, 4.69) is 12.2 Å². The Labute approximate surface area is 179 Å². The molecule has 4 nitrogen and oxygen atoms in total. The summed E-state index contributed by atoms with van der Waals surface area (Å²) in [5.41, 5.74) is 3.38. The molecule has 0 unspecified atom stereocenters. The number of nitrogens with one attached hydrogen (secondary N) is 1. The van der Waals surface area contributed by atoms with Gasteiger partial charge in [0.2, 0.25) is 11.8 Å². The Balaban J connectivity index is 2.11. The summed E-state index contributed by atoms with van der Waals surface area (Å²) in [7, 11) is 0. The van der Waals surface area contributed by atoms with Crippen LogP contribution in [-0.2, 0) is 16.1 Å². The number of hydrogen-bond acceptors (Lipinski definition) is 3. The molecule has 2 aromatic rings. The zero-order chi connectivity index (χ0) is 21.2. The second-order valence-electron chi connectivity index (χ2n) is 7.37. The number of nitrogens with zero attached hydrogens (tertiary/aromatic N) is 1. The minimum atomic E-state index is -0.516. The number of carbonyl (C=O) groups is 2. The molecule has 0 saturated heterocycles. The average molecular weight is 413 g/mol. The molecule has 29 heavy (non-hydrogen) atoms. The van der Waals surface area contributed by atoms with Gasteiger partial charge in [-0.3, -0.25) is 9.59 Å². The Hall–Kier alpha value is -2.27. The van der Waals surface area contributed by atoms with Gasteiger partial charge in [0, 0.05) is 18.0 Å². The Morgan fingerprint density at radius 2 is 1.76 bits per heavy atom. The van der Waals surface area contributed by atoms with E-state index in [-0.39, 0.29) is 11.8 Å². The Kier molecular flexibility index (Phi) is 9.26. The SMILES string of the molecule is CCCCNC(=O)[C@H](C)N(Cc1ccccc1C)C(=O)CSc1ccc(C)cc1. The van der Waals surface area contributed by atoms with Gasteiger partial charge >= 0.3 is 0 Å². The van der Waals surface area contributed by atoms with Crippen molar-refractivity contribution in [2.45, 2.75) is 58.0 Å². The van der Waals surface area contributed by atoms with Gasteiger partial charge in [0.15, 0.2) is 0 Å². The van der Waals surface area contributed by atoms with Crippen molar-refractivity contribution in [1.82, 2.24) is 10.2 Å². The van der Waals surface area contributed by atoms with Crippen LogP contribution < -0.4 is 5.32 Å². The van der Waals surface area contributed by atoms with Crippen molar-refractivity contribution in [3.05, 3.63) is 65.2 Å². The van der Waals surface area contributed by atoms with Crippen LogP contribution in [-0.4, -0.2) is 35.1 Å². The summed E-state index contributed by atoms with van der Waals surface area (Å²) in [6, 6.07) is 15.6. The largest absolute Gasteiger partial charge is 0.354 e. The lowest BCUT2D eigenvalue weighted by atomic mass is 10.1. The molecule has 0 radical (unpaired) electrons. The molecule has 0 aliphatic carbocycles. The van der Waals surface area contributed by atoms with Gasteiger partial charge in [0.1, 0.15) is 6.04 Å². The third kappa shape index (κ3) is 7.24. The van der Waals surface area contributed by atoms with Crippen LogP contribution in [0.3, 0.4) is 0 Å². The van der Waals surface area contributed by atoms with Crippen molar-refractivity contribution in [2.24, 2.45) is 0 Å². The number of benzene rings is 2. The van der Waals surface area contributed by atoms with E-state index in [1.54, 1.807) is 4.90 Å². The molecule has 0 saturated carbocycles. The van der Waals surface area contributed by atoms with Crippen molar-refractivity contribution < 1.29 is 9.59 Å². The van der Waals surface area contributed by atoms with Crippen LogP contribution >= 0.6 is 11.8 Å². The lowest BCUT2D eigenvalue weighted by molar-refractivity contribution is -0.138. The van der Waals surface area contributed by atoms with E-state index < -0.39 is 6.04 Å². The molecule has 0 aromatic heterocycles. The molecule has 2 amide bonds. The second kappa shape index (κ2) is 11.7. The normalized spacial score (nSPS) is 11.7. The first-order valence-electron chi connectivity index (χ1n) is 10.2. The third-order valence-electron chi connectivity index (χ3n) is 4.98. The van der Waals surface area contributed by atoms with Gasteiger partial charge in [0.25, 0.3) is 0 Å². The van der Waals surface area contributed by atoms with Crippen molar-refractivity contribution >= 4 is 23.6 Å². The van der Waals surface area contributed by atoms with E-state index in [4.69, 9.17) is 0 Å². The van der Waals surface area contributed by atoms with Crippen LogP contribution in [0.4, 0.5) is 0 Å². The predicted molar refractivity (Wildman–Crippen MR) is 121 cm³/mol. The minimum absolute atomic E-state index is 0.0306. The molecule has 2 rings (SSSR count). The molecular weight excluding hydrogens is 380 g/mol. The fourth-order valence-corrected chi connectivity index (χ4v) is 3.74. The molecule has 0 bridgehead atoms. The zero-order valence-corrected chi connectivity index (χ0v) is 18.7. The van der Waals surface area contributed by atoms with Crippen molar-refractivity contribution in [1.29, 1.82) is 0 Å². The van der Waals surface area contributed by atoms with Gasteiger partial charge in [-0.1, -0.05) is 55.3 Å². The summed E-state index contributed by atoms with van der Waals surface area (Å²) in [5.74, 6) is 0.180. The van der Waals surface area contributed by atoms with Gasteiger partial charge in [-0.25, -0.2) is 0 Å². The number of hydrogen-bond donors (Lipinski definition) is 1. The monoisotopic (exact) mass is 412 g/mol. The van der Waals surface area contributed by atoms with E-state index in [1.807, 2.05) is 69.3 Å². The summed E-state index contributed by atoms with van der Waals surface area (Å²) in [6.45, 7) is 9.06. The smallest absolute Gasteiger partial charge is 0.242 e. The summed E-state index contributed by atoms with van der Waals surface area (Å²) in [5, 5.41) is 2.96. The van der Waals surface area contributed by atoms with Gasteiger partial charge in [-0.05, 0) is 50.5 Å². The molecule has 1 N–H and O–H groups in total. The van der Waals surface area contributed by atoms with Crippen molar-refractivity contribution in [2.75, 3.05) is 12.3 Å². The summed E-state index contributed by atoms with van der Waals surface area (Å²) in [4.78, 5) is 28.5. The number of aryl methyl sites for hydroxylation is 2. The Bertz CT molecular complexity index is 805. The van der Waals surface area contributed by atoms with Crippen LogP contribution in [0.1, 0.15) is 43.4 Å². The standard InChI is InChI=1S/C24H32N2O2S/c1-5-6-15-25-24(28)20(4)26(16-21-10-8-7-9-19(21)3)23(27)17-29-22-13-11-18(2)12-14-22/h7-14,20H,5-6,15-17H2,1-4H3,(H,25,28)/t20-/m0/s1. The van der Waals surface area contributed by atoms with Gasteiger partial charge < -0.3 is 10.2 Å². The Morgan fingerprint density at radius 1 is 1.07 bits per heavy atom. The highest BCUT2D eigenvalue weighted by Gasteiger charge is 2.26. The first kappa shape index (κ1) is 23.0. The molecule has 5 heteroatoms. The molecule has 1 atom stereocenters. The van der Waals surface area contributed by atoms with Crippen molar-refractivity contribution in [3.63, 3.8) is 0 Å². The molecule has 0 aliphatic rings. The number of unbranched alkanes of at least 4 members (excludes halogenated alkanes) is 1. The highest BCUT2D eigenvalue weighted by molar-refractivity contribution is 8.00. The molecule has 2 aromatic carbocycles. The maximum atomic E-state index is 13.1. The van der Waals surface area contributed by atoms with Crippen molar-refractivity contribution in [3.8, 4) is 0 Å². The first-order chi connectivity index (χ1) is 13.9. The molecule has 0 fully saturated rings. The van der Waals surface area contributed by atoms with Crippen LogP contribution in [0.2, 0.25) is 0 Å². The van der Waals surface area contributed by atoms with Crippen LogP contribution in [0.25, 0.3) is 0 Å². The lowest BCUT2D eigenvalue weighted by Crippen LogP contribution is -2.48. The van der Waals surface area contributed by atoms with E-state index in [0.29, 0.717) is 18.8 Å². The number of amides is 2. The minimum Gasteiger partial charge on any atom is -0.354 e. The third-order valence-corrected chi connectivity index (χ3v) is 5.98. The maximum Gasteiger partial charge on any atom is 0.242 e. The maximum absolute atomic E-state index is 13.1. The quantitative estimate of drug-likeness (QED) is 0.453. The van der Waals surface area contributed by atoms with E-state index in [1.165, 1.54) is 17.3 Å². The molecule has 156 valence electrons. The summed E-state index contributed by atoms with van der Waals surface area (Å²) < 4.78 is 0. The summed E-state index contributed by atoms with van der Waals surface area (Å²) in [6.07, 6.45) is 1.96. The van der Waals surface area contributed by atoms with E-state index in [0.717, 1.165) is 28.9 Å². The Morgan fingerprint density at radius 3 is 2.41 bits per heavy atom. The number of carbonyl (C=O) groups excluding carboxylic acids is 2. The summed E-state index contributed by atoms with van der Waals surface area (Å²) >= 11 is 1.51. The van der Waals surface area contributed by atoms with Crippen LogP contribution in [0.5, 0.6) is 0 Å².